The number of carbonyl (C=O) groups excluding carboxylic acids is 1. The van der Waals surface area contributed by atoms with Crippen molar-refractivity contribution in [1.82, 2.24) is 14.5 Å². The molecule has 1 amide bonds. The van der Waals surface area contributed by atoms with Crippen molar-refractivity contribution in [1.29, 1.82) is 0 Å². The maximum absolute atomic E-state index is 11.8. The Bertz CT molecular complexity index is 562. The van der Waals surface area contributed by atoms with Crippen LogP contribution in [0, 0.1) is 0 Å². The number of aromatic nitrogens is 2. The third-order valence-electron chi connectivity index (χ3n) is 3.14. The zero-order valence-electron chi connectivity index (χ0n) is 11.9. The number of hydrogen-bond donors (Lipinski definition) is 1. The lowest BCUT2D eigenvalue weighted by Gasteiger charge is -2.19. The average Bonchev–Trinajstić information content (AvgIpc) is 2.86. The molecule has 106 valence electrons. The standard InChI is InChI=1S/C15H20N4O/c1-12(16)15(20)18(2)11-14-17-8-9-19(14)10-13-6-4-3-5-7-13/h3-9,12H,10-11,16H2,1-2H3/t12-/m1/s1. The molecule has 0 aliphatic heterocycles. The molecule has 0 saturated heterocycles. The minimum Gasteiger partial charge on any atom is -0.337 e. The molecule has 0 bridgehead atoms. The molecule has 0 aliphatic carbocycles. The van der Waals surface area contributed by atoms with Crippen LogP contribution >= 0.6 is 0 Å². The molecule has 2 rings (SSSR count). The van der Waals surface area contributed by atoms with E-state index in [2.05, 4.69) is 17.1 Å². The Hall–Kier alpha value is -2.14. The average molecular weight is 272 g/mol. The lowest BCUT2D eigenvalue weighted by molar-refractivity contribution is -0.131. The largest absolute Gasteiger partial charge is 0.337 e. The molecule has 20 heavy (non-hydrogen) atoms. The van der Waals surface area contributed by atoms with Crippen LogP contribution in [0.2, 0.25) is 0 Å². The van der Waals surface area contributed by atoms with Gasteiger partial charge in [0.05, 0.1) is 12.6 Å². The number of benzene rings is 1. The molecule has 1 heterocycles. The minimum absolute atomic E-state index is 0.0840. The second kappa shape index (κ2) is 6.34. The summed E-state index contributed by atoms with van der Waals surface area (Å²) in [4.78, 5) is 17.7. The number of imidazole rings is 1. The molecule has 0 aliphatic rings. The van der Waals surface area contributed by atoms with Gasteiger partial charge in [0.1, 0.15) is 5.82 Å². The van der Waals surface area contributed by atoms with Gasteiger partial charge in [-0.15, -0.1) is 0 Å². The molecule has 2 N–H and O–H groups in total. The fraction of sp³-hybridized carbons (Fsp3) is 0.333. The Morgan fingerprint density at radius 1 is 1.40 bits per heavy atom. The van der Waals surface area contributed by atoms with E-state index < -0.39 is 6.04 Å². The Labute approximate surface area is 119 Å². The third-order valence-corrected chi connectivity index (χ3v) is 3.14. The van der Waals surface area contributed by atoms with Crippen LogP contribution in [-0.2, 0) is 17.9 Å². The van der Waals surface area contributed by atoms with Crippen LogP contribution in [0.25, 0.3) is 0 Å². The van der Waals surface area contributed by atoms with E-state index in [0.717, 1.165) is 12.4 Å². The summed E-state index contributed by atoms with van der Waals surface area (Å²) in [7, 11) is 1.74. The van der Waals surface area contributed by atoms with Crippen molar-refractivity contribution in [3.63, 3.8) is 0 Å². The van der Waals surface area contributed by atoms with E-state index in [1.807, 2.05) is 29.0 Å². The van der Waals surface area contributed by atoms with Gasteiger partial charge in [-0.3, -0.25) is 4.79 Å². The molecule has 2 aromatic rings. The van der Waals surface area contributed by atoms with Crippen LogP contribution in [0.1, 0.15) is 18.3 Å². The maximum Gasteiger partial charge on any atom is 0.239 e. The summed E-state index contributed by atoms with van der Waals surface area (Å²) < 4.78 is 2.04. The molecule has 0 radical (unpaired) electrons. The Kier molecular flexibility index (Phi) is 4.53. The number of amides is 1. The van der Waals surface area contributed by atoms with Gasteiger partial charge in [0.15, 0.2) is 0 Å². The van der Waals surface area contributed by atoms with Crippen molar-refractivity contribution in [2.24, 2.45) is 5.73 Å². The van der Waals surface area contributed by atoms with E-state index >= 15 is 0 Å². The van der Waals surface area contributed by atoms with Gasteiger partial charge in [-0.1, -0.05) is 30.3 Å². The van der Waals surface area contributed by atoms with E-state index in [1.165, 1.54) is 5.56 Å². The number of carbonyl (C=O) groups is 1. The zero-order chi connectivity index (χ0) is 14.5. The molecular weight excluding hydrogens is 252 g/mol. The highest BCUT2D eigenvalue weighted by molar-refractivity contribution is 5.80. The van der Waals surface area contributed by atoms with Gasteiger partial charge in [-0.25, -0.2) is 4.98 Å². The van der Waals surface area contributed by atoms with Crippen LogP contribution in [0.3, 0.4) is 0 Å². The Balaban J connectivity index is 2.07. The highest BCUT2D eigenvalue weighted by atomic mass is 16.2. The number of hydrogen-bond acceptors (Lipinski definition) is 3. The van der Waals surface area contributed by atoms with E-state index in [0.29, 0.717) is 6.54 Å². The fourth-order valence-corrected chi connectivity index (χ4v) is 2.05. The SMILES string of the molecule is C[C@@H](N)C(=O)N(C)Cc1nccn1Cc1ccccc1. The summed E-state index contributed by atoms with van der Waals surface area (Å²) in [6.45, 7) is 2.89. The first-order valence-electron chi connectivity index (χ1n) is 6.62. The van der Waals surface area contributed by atoms with Crippen molar-refractivity contribution in [2.75, 3.05) is 7.05 Å². The first-order valence-corrected chi connectivity index (χ1v) is 6.62. The van der Waals surface area contributed by atoms with Gasteiger partial charge in [0, 0.05) is 26.0 Å². The molecule has 5 heteroatoms. The third kappa shape index (κ3) is 3.45. The molecule has 0 unspecified atom stereocenters. The molecule has 1 aromatic carbocycles. The van der Waals surface area contributed by atoms with E-state index in [-0.39, 0.29) is 5.91 Å². The molecule has 0 spiro atoms. The molecule has 5 nitrogen and oxygen atoms in total. The number of likely N-dealkylation sites (N-methyl/N-ethyl adjacent to an activating group) is 1. The van der Waals surface area contributed by atoms with Gasteiger partial charge in [-0.05, 0) is 12.5 Å². The van der Waals surface area contributed by atoms with Gasteiger partial charge in [-0.2, -0.15) is 0 Å². The highest BCUT2D eigenvalue weighted by Gasteiger charge is 2.15. The highest BCUT2D eigenvalue weighted by Crippen LogP contribution is 2.07. The fourth-order valence-electron chi connectivity index (χ4n) is 2.05. The van der Waals surface area contributed by atoms with Crippen molar-refractivity contribution in [3.8, 4) is 0 Å². The lowest BCUT2D eigenvalue weighted by atomic mass is 10.2. The van der Waals surface area contributed by atoms with Crippen molar-refractivity contribution in [2.45, 2.75) is 26.1 Å². The predicted molar refractivity (Wildman–Crippen MR) is 77.9 cm³/mol. The Morgan fingerprint density at radius 3 is 2.75 bits per heavy atom. The van der Waals surface area contributed by atoms with Crippen molar-refractivity contribution < 1.29 is 4.79 Å². The van der Waals surface area contributed by atoms with Crippen LogP contribution in [0.5, 0.6) is 0 Å². The van der Waals surface area contributed by atoms with Crippen LogP contribution in [0.15, 0.2) is 42.7 Å². The lowest BCUT2D eigenvalue weighted by Crippen LogP contribution is -2.39. The van der Waals surface area contributed by atoms with Gasteiger partial charge in [0.25, 0.3) is 0 Å². The molecule has 0 fully saturated rings. The normalized spacial score (nSPS) is 12.2. The summed E-state index contributed by atoms with van der Waals surface area (Å²) in [5.74, 6) is 0.768. The van der Waals surface area contributed by atoms with Crippen LogP contribution in [0.4, 0.5) is 0 Å². The van der Waals surface area contributed by atoms with Gasteiger partial charge >= 0.3 is 0 Å². The number of nitrogens with zero attached hydrogens (tertiary/aromatic N) is 3. The first-order chi connectivity index (χ1) is 9.58. The maximum atomic E-state index is 11.8. The van der Waals surface area contributed by atoms with E-state index in [4.69, 9.17) is 5.73 Å². The zero-order valence-corrected chi connectivity index (χ0v) is 11.9. The van der Waals surface area contributed by atoms with Crippen LogP contribution < -0.4 is 5.73 Å². The monoisotopic (exact) mass is 272 g/mol. The minimum atomic E-state index is -0.488. The molecular formula is C15H20N4O. The number of rotatable bonds is 5. The Morgan fingerprint density at radius 2 is 2.10 bits per heavy atom. The second-order valence-electron chi connectivity index (χ2n) is 4.94. The van der Waals surface area contributed by atoms with Crippen molar-refractivity contribution >= 4 is 5.91 Å². The van der Waals surface area contributed by atoms with Gasteiger partial charge < -0.3 is 15.2 Å². The molecule has 0 saturated carbocycles. The molecule has 1 aromatic heterocycles. The van der Waals surface area contributed by atoms with Crippen molar-refractivity contribution in [3.05, 3.63) is 54.1 Å². The van der Waals surface area contributed by atoms with Crippen LogP contribution in [-0.4, -0.2) is 33.4 Å². The van der Waals surface area contributed by atoms with E-state index in [9.17, 15) is 4.79 Å². The smallest absolute Gasteiger partial charge is 0.239 e. The topological polar surface area (TPSA) is 64.2 Å². The van der Waals surface area contributed by atoms with Gasteiger partial charge in [0.2, 0.25) is 5.91 Å². The summed E-state index contributed by atoms with van der Waals surface area (Å²) in [6, 6.07) is 9.67. The summed E-state index contributed by atoms with van der Waals surface area (Å²) in [5, 5.41) is 0. The predicted octanol–water partition coefficient (Wildman–Crippen LogP) is 1.24. The second-order valence-corrected chi connectivity index (χ2v) is 4.94. The quantitative estimate of drug-likeness (QED) is 0.890. The summed E-state index contributed by atoms with van der Waals surface area (Å²) in [6.07, 6.45) is 3.68. The summed E-state index contributed by atoms with van der Waals surface area (Å²) >= 11 is 0. The number of nitrogens with two attached hydrogens (primary N) is 1. The van der Waals surface area contributed by atoms with E-state index in [1.54, 1.807) is 25.1 Å². The summed E-state index contributed by atoms with van der Waals surface area (Å²) in [5.41, 5.74) is 6.81. The molecule has 1 atom stereocenters. The first kappa shape index (κ1) is 14.3.